The quantitative estimate of drug-likeness (QED) is 0.352. The van der Waals surface area contributed by atoms with Crippen LogP contribution in [0.5, 0.6) is 5.75 Å². The number of anilines is 1. The molecule has 10 heteroatoms. The first-order chi connectivity index (χ1) is 14.4. The van der Waals surface area contributed by atoms with Crippen LogP contribution in [0, 0.1) is 13.8 Å². The van der Waals surface area contributed by atoms with Crippen molar-refractivity contribution in [2.24, 2.45) is 0 Å². The highest BCUT2D eigenvalue weighted by Crippen LogP contribution is 2.29. The van der Waals surface area contributed by atoms with E-state index in [1.807, 2.05) is 37.5 Å². The molecule has 0 fully saturated rings. The zero-order valence-corrected chi connectivity index (χ0v) is 19.3. The third-order valence-corrected chi connectivity index (χ3v) is 6.41. The lowest BCUT2D eigenvalue weighted by Gasteiger charge is -2.17. The number of carbonyl (C=O) groups is 1. The minimum atomic E-state index is -0.351. The summed E-state index contributed by atoms with van der Waals surface area (Å²) in [5, 5.41) is 15.0. The molecular weight excluding hydrogens is 442 g/mol. The van der Waals surface area contributed by atoms with Gasteiger partial charge >= 0.3 is 0 Å². The Balaban J connectivity index is 1.71. The van der Waals surface area contributed by atoms with Crippen molar-refractivity contribution in [3.63, 3.8) is 0 Å². The molecule has 3 rings (SSSR count). The van der Waals surface area contributed by atoms with Crippen molar-refractivity contribution >= 4 is 45.7 Å². The Bertz CT molecular complexity index is 1010. The summed E-state index contributed by atoms with van der Waals surface area (Å²) in [5.74, 6) is 1.41. The molecular formula is C20H22ClN5O2S2. The Morgan fingerprint density at radius 3 is 2.77 bits per heavy atom. The molecule has 2 aromatic heterocycles. The van der Waals surface area contributed by atoms with Crippen molar-refractivity contribution in [1.82, 2.24) is 19.7 Å². The smallest absolute Gasteiger partial charge is 0.236 e. The average molecular weight is 464 g/mol. The van der Waals surface area contributed by atoms with Gasteiger partial charge in [0.25, 0.3) is 0 Å². The topological polar surface area (TPSA) is 81.9 Å². The lowest BCUT2D eigenvalue weighted by molar-refractivity contribution is -0.113. The van der Waals surface area contributed by atoms with Gasteiger partial charge in [0.15, 0.2) is 22.2 Å². The van der Waals surface area contributed by atoms with Gasteiger partial charge in [-0.1, -0.05) is 29.4 Å². The number of ether oxygens (including phenoxy) is 1. The summed E-state index contributed by atoms with van der Waals surface area (Å²) in [4.78, 5) is 16.2. The van der Waals surface area contributed by atoms with Crippen LogP contribution in [0.1, 0.15) is 30.0 Å². The van der Waals surface area contributed by atoms with Gasteiger partial charge in [-0.05, 0) is 44.0 Å². The van der Waals surface area contributed by atoms with Crippen LogP contribution in [-0.2, 0) is 11.3 Å². The van der Waals surface area contributed by atoms with Gasteiger partial charge in [-0.25, -0.2) is 4.98 Å². The monoisotopic (exact) mass is 463 g/mol. The largest absolute Gasteiger partial charge is 0.483 e. The number of aromatic nitrogens is 4. The molecule has 0 aliphatic rings. The van der Waals surface area contributed by atoms with Gasteiger partial charge in [0, 0.05) is 23.1 Å². The maximum atomic E-state index is 12.1. The molecule has 0 spiro atoms. The predicted molar refractivity (Wildman–Crippen MR) is 122 cm³/mol. The standard InChI is InChI=1S/C20H22ClN5O2S2/c1-5-7-26-18(14(4)28-15-9-12(2)17(21)13(3)10-15)24-25-20(26)30-11-16(27)23-19-22-6-8-29-19/h5-6,8-10,14H,1,7,11H2,2-4H3,(H,22,23,27). The Kier molecular flexibility index (Phi) is 7.52. The molecule has 0 aliphatic carbocycles. The van der Waals surface area contributed by atoms with Gasteiger partial charge in [-0.2, -0.15) is 0 Å². The number of hydrogen-bond acceptors (Lipinski definition) is 7. The SMILES string of the molecule is C=CCn1c(SCC(=O)Nc2nccs2)nnc1C(C)Oc1cc(C)c(Cl)c(C)c1. The minimum absolute atomic E-state index is 0.152. The molecule has 0 saturated carbocycles. The highest BCUT2D eigenvalue weighted by Gasteiger charge is 2.20. The maximum absolute atomic E-state index is 12.1. The average Bonchev–Trinajstić information content (AvgIpc) is 3.34. The van der Waals surface area contributed by atoms with Crippen molar-refractivity contribution in [3.8, 4) is 5.75 Å². The van der Waals surface area contributed by atoms with Gasteiger partial charge in [-0.3, -0.25) is 9.36 Å². The van der Waals surface area contributed by atoms with E-state index < -0.39 is 0 Å². The molecule has 158 valence electrons. The molecule has 30 heavy (non-hydrogen) atoms. The summed E-state index contributed by atoms with van der Waals surface area (Å²) in [7, 11) is 0. The van der Waals surface area contributed by atoms with Crippen LogP contribution in [0.25, 0.3) is 0 Å². The number of amides is 1. The summed E-state index contributed by atoms with van der Waals surface area (Å²) in [5.41, 5.74) is 1.91. The minimum Gasteiger partial charge on any atom is -0.483 e. The highest BCUT2D eigenvalue weighted by atomic mass is 35.5. The summed E-state index contributed by atoms with van der Waals surface area (Å²) >= 11 is 8.92. The zero-order chi connectivity index (χ0) is 21.7. The van der Waals surface area contributed by atoms with E-state index in [1.54, 1.807) is 17.7 Å². The summed E-state index contributed by atoms with van der Waals surface area (Å²) in [6, 6.07) is 3.80. The molecule has 0 saturated heterocycles. The Hall–Kier alpha value is -2.36. The van der Waals surface area contributed by atoms with E-state index in [0.717, 1.165) is 16.1 Å². The van der Waals surface area contributed by atoms with Crippen molar-refractivity contribution in [3.05, 3.63) is 58.3 Å². The van der Waals surface area contributed by atoms with Crippen molar-refractivity contribution in [2.75, 3.05) is 11.1 Å². The van der Waals surface area contributed by atoms with Gasteiger partial charge in [-0.15, -0.1) is 28.1 Å². The molecule has 0 bridgehead atoms. The summed E-state index contributed by atoms with van der Waals surface area (Å²) in [6.07, 6.45) is 3.05. The number of thiazole rings is 1. The Morgan fingerprint density at radius 2 is 2.13 bits per heavy atom. The summed E-state index contributed by atoms with van der Waals surface area (Å²) in [6.45, 7) is 10.1. The zero-order valence-electron chi connectivity index (χ0n) is 16.9. The number of aryl methyl sites for hydroxylation is 2. The van der Waals surface area contributed by atoms with E-state index in [2.05, 4.69) is 27.1 Å². The van der Waals surface area contributed by atoms with Crippen LogP contribution in [-0.4, -0.2) is 31.4 Å². The van der Waals surface area contributed by atoms with E-state index in [-0.39, 0.29) is 17.8 Å². The molecule has 1 amide bonds. The molecule has 7 nitrogen and oxygen atoms in total. The van der Waals surface area contributed by atoms with Crippen LogP contribution < -0.4 is 10.1 Å². The van der Waals surface area contributed by atoms with Crippen LogP contribution in [0.2, 0.25) is 5.02 Å². The predicted octanol–water partition coefficient (Wildman–Crippen LogP) is 5.06. The summed E-state index contributed by atoms with van der Waals surface area (Å²) < 4.78 is 8.00. The Morgan fingerprint density at radius 1 is 1.40 bits per heavy atom. The molecule has 1 N–H and O–H groups in total. The number of benzene rings is 1. The van der Waals surface area contributed by atoms with Crippen molar-refractivity contribution in [1.29, 1.82) is 0 Å². The fourth-order valence-electron chi connectivity index (χ4n) is 2.81. The number of allylic oxidation sites excluding steroid dienone is 1. The first kappa shape index (κ1) is 22.3. The molecule has 1 atom stereocenters. The number of carbonyl (C=O) groups excluding carboxylic acids is 1. The van der Waals surface area contributed by atoms with Crippen LogP contribution in [0.15, 0.2) is 41.5 Å². The lowest BCUT2D eigenvalue weighted by atomic mass is 10.1. The molecule has 0 aliphatic heterocycles. The van der Waals surface area contributed by atoms with E-state index in [1.165, 1.54) is 23.1 Å². The first-order valence-electron chi connectivity index (χ1n) is 9.18. The van der Waals surface area contributed by atoms with Crippen LogP contribution in [0.4, 0.5) is 5.13 Å². The fourth-order valence-corrected chi connectivity index (χ4v) is 4.22. The number of nitrogens with one attached hydrogen (secondary N) is 1. The van der Waals surface area contributed by atoms with Crippen LogP contribution >= 0.6 is 34.7 Å². The molecule has 1 unspecified atom stereocenters. The normalized spacial score (nSPS) is 11.9. The number of halogens is 1. The first-order valence-corrected chi connectivity index (χ1v) is 11.4. The highest BCUT2D eigenvalue weighted by molar-refractivity contribution is 7.99. The number of thioether (sulfide) groups is 1. The van der Waals surface area contributed by atoms with Gasteiger partial charge in [0.05, 0.1) is 5.75 Å². The van der Waals surface area contributed by atoms with Gasteiger partial charge in [0.1, 0.15) is 5.75 Å². The molecule has 3 aromatic rings. The van der Waals surface area contributed by atoms with E-state index in [4.69, 9.17) is 16.3 Å². The second-order valence-electron chi connectivity index (χ2n) is 6.55. The fraction of sp³-hybridized carbons (Fsp3) is 0.300. The molecule has 0 radical (unpaired) electrons. The second-order valence-corrected chi connectivity index (χ2v) is 8.76. The third-order valence-electron chi connectivity index (χ3n) is 4.15. The van der Waals surface area contributed by atoms with Gasteiger partial charge < -0.3 is 10.1 Å². The lowest BCUT2D eigenvalue weighted by Crippen LogP contribution is -2.15. The van der Waals surface area contributed by atoms with Gasteiger partial charge in [0.2, 0.25) is 5.91 Å². The maximum Gasteiger partial charge on any atom is 0.236 e. The number of hydrogen-bond donors (Lipinski definition) is 1. The van der Waals surface area contributed by atoms with E-state index in [0.29, 0.717) is 28.4 Å². The van der Waals surface area contributed by atoms with Crippen molar-refractivity contribution in [2.45, 2.75) is 38.6 Å². The van der Waals surface area contributed by atoms with Crippen molar-refractivity contribution < 1.29 is 9.53 Å². The van der Waals surface area contributed by atoms with E-state index >= 15 is 0 Å². The Labute approximate surface area is 188 Å². The van der Waals surface area contributed by atoms with Crippen LogP contribution in [0.3, 0.4) is 0 Å². The second kappa shape index (κ2) is 10.1. The number of rotatable bonds is 9. The molecule has 2 heterocycles. The molecule has 1 aromatic carbocycles. The number of nitrogens with zero attached hydrogens (tertiary/aromatic N) is 4. The third kappa shape index (κ3) is 5.41. The van der Waals surface area contributed by atoms with E-state index in [9.17, 15) is 4.79 Å².